The smallest absolute Gasteiger partial charge is 0.407 e. The minimum atomic E-state index is -4.29. The molecule has 2 amide bonds. The van der Waals surface area contributed by atoms with E-state index >= 15 is 0 Å². The fourth-order valence-electron chi connectivity index (χ4n) is 5.34. The van der Waals surface area contributed by atoms with E-state index < -0.39 is 29.2 Å². The Balaban J connectivity index is 1.69. The van der Waals surface area contributed by atoms with Crippen LogP contribution >= 0.6 is 0 Å². The Morgan fingerprint density at radius 1 is 1.24 bits per heavy atom. The summed E-state index contributed by atoms with van der Waals surface area (Å²) in [5.41, 5.74) is -0.194. The van der Waals surface area contributed by atoms with Gasteiger partial charge in [0, 0.05) is 19.1 Å². The van der Waals surface area contributed by atoms with Crippen molar-refractivity contribution >= 4 is 12.0 Å². The first-order valence-corrected chi connectivity index (χ1v) is 12.1. The molecular weight excluding hydrogens is 445 g/mol. The van der Waals surface area contributed by atoms with Crippen LogP contribution in [0.4, 0.5) is 18.0 Å². The molecule has 1 aliphatic heterocycles. The lowest BCUT2D eigenvalue weighted by molar-refractivity contribution is -0.163. The molecule has 0 aromatic heterocycles. The first-order chi connectivity index (χ1) is 15.7. The Morgan fingerprint density at radius 2 is 1.94 bits per heavy atom. The molecule has 1 saturated carbocycles. The Morgan fingerprint density at radius 3 is 2.50 bits per heavy atom. The minimum Gasteiger partial charge on any atom is -0.444 e. The summed E-state index contributed by atoms with van der Waals surface area (Å²) in [6.07, 6.45) is 4.04. The Hall–Kier alpha value is -2.25. The number of rotatable bonds is 4. The number of nitrogens with one attached hydrogen (secondary N) is 1. The third-order valence-electron chi connectivity index (χ3n) is 7.22. The summed E-state index contributed by atoms with van der Waals surface area (Å²) in [4.78, 5) is 27.7. The fourth-order valence-corrected chi connectivity index (χ4v) is 5.34. The molecule has 2 unspecified atom stereocenters. The van der Waals surface area contributed by atoms with Crippen LogP contribution in [0.15, 0.2) is 35.5 Å². The Bertz CT molecular complexity index is 883. The maximum Gasteiger partial charge on any atom is 0.407 e. The second-order valence-corrected chi connectivity index (χ2v) is 11.0. The van der Waals surface area contributed by atoms with Gasteiger partial charge in [-0.25, -0.2) is 4.79 Å². The minimum absolute atomic E-state index is 0.0242. The van der Waals surface area contributed by atoms with E-state index in [2.05, 4.69) is 5.32 Å². The third kappa shape index (κ3) is 5.87. The van der Waals surface area contributed by atoms with Gasteiger partial charge in [0.25, 0.3) is 0 Å². The van der Waals surface area contributed by atoms with Crippen LogP contribution in [0.5, 0.6) is 0 Å². The largest absolute Gasteiger partial charge is 0.444 e. The Labute approximate surface area is 200 Å². The molecule has 34 heavy (non-hydrogen) atoms. The molecule has 3 rings (SSSR count). The van der Waals surface area contributed by atoms with Crippen LogP contribution in [-0.2, 0) is 9.53 Å². The standard InChI is InChI=1S/C26H37F3N2O3/c1-17(2)25(13-10-19(16-25)30-23(33)34-24(3,4)5)22(32)31-14-11-18(12-15-31)20-8-6-7-9-21(20)26(27,28)29/h6-8,11,17,19,21H,9-10,12-16H2,1-5H3,(H,30,33)/t19?,21?,25-/m0/s1. The van der Waals surface area contributed by atoms with Crippen molar-refractivity contribution in [3.8, 4) is 0 Å². The summed E-state index contributed by atoms with van der Waals surface area (Å²) in [6.45, 7) is 10.2. The molecule has 1 N–H and O–H groups in total. The van der Waals surface area contributed by atoms with Crippen LogP contribution in [0.25, 0.3) is 0 Å². The van der Waals surface area contributed by atoms with Crippen LogP contribution < -0.4 is 5.32 Å². The number of alkyl halides is 3. The average molecular weight is 483 g/mol. The van der Waals surface area contributed by atoms with Crippen molar-refractivity contribution in [3.05, 3.63) is 35.5 Å². The van der Waals surface area contributed by atoms with Crippen molar-refractivity contribution in [1.29, 1.82) is 0 Å². The van der Waals surface area contributed by atoms with Crippen LogP contribution in [-0.4, -0.2) is 47.8 Å². The van der Waals surface area contributed by atoms with Gasteiger partial charge in [-0.1, -0.05) is 38.2 Å². The van der Waals surface area contributed by atoms with Gasteiger partial charge in [-0.2, -0.15) is 13.2 Å². The molecular formula is C26H37F3N2O3. The van der Waals surface area contributed by atoms with E-state index in [1.165, 1.54) is 0 Å². The summed E-state index contributed by atoms with van der Waals surface area (Å²) in [7, 11) is 0. The molecule has 0 aromatic rings. The SMILES string of the molecule is CC(C)[C@]1(C(=O)N2CC=C(C3=CC=CCC3C(F)(F)F)CC2)CCC(NC(=O)OC(C)(C)C)C1. The average Bonchev–Trinajstić information content (AvgIpc) is 3.16. The van der Waals surface area contributed by atoms with Gasteiger partial charge in [0.05, 0.1) is 11.3 Å². The number of carbonyl (C=O) groups excluding carboxylic acids is 2. The summed E-state index contributed by atoms with van der Waals surface area (Å²) < 4.78 is 45.9. The van der Waals surface area contributed by atoms with Gasteiger partial charge < -0.3 is 15.0 Å². The summed E-state index contributed by atoms with van der Waals surface area (Å²) in [5, 5.41) is 2.91. The van der Waals surface area contributed by atoms with Gasteiger partial charge in [0.1, 0.15) is 5.60 Å². The molecule has 0 aromatic carbocycles. The molecule has 0 bridgehead atoms. The van der Waals surface area contributed by atoms with E-state index in [1.807, 2.05) is 13.8 Å². The van der Waals surface area contributed by atoms with Gasteiger partial charge in [-0.05, 0) is 69.9 Å². The third-order valence-corrected chi connectivity index (χ3v) is 7.22. The second kappa shape index (κ2) is 9.78. The quantitative estimate of drug-likeness (QED) is 0.540. The van der Waals surface area contributed by atoms with Gasteiger partial charge in [-0.3, -0.25) is 4.79 Å². The normalized spacial score (nSPS) is 28.0. The summed E-state index contributed by atoms with van der Waals surface area (Å²) in [6, 6.07) is -0.149. The molecule has 1 fully saturated rings. The molecule has 5 nitrogen and oxygen atoms in total. The molecule has 2 aliphatic carbocycles. The topological polar surface area (TPSA) is 58.6 Å². The lowest BCUT2D eigenvalue weighted by atomic mass is 9.74. The highest BCUT2D eigenvalue weighted by Crippen LogP contribution is 2.47. The molecule has 0 saturated heterocycles. The zero-order chi connectivity index (χ0) is 25.3. The Kier molecular flexibility index (Phi) is 7.58. The highest BCUT2D eigenvalue weighted by atomic mass is 19.4. The predicted molar refractivity (Wildman–Crippen MR) is 125 cm³/mol. The number of nitrogens with zero attached hydrogens (tertiary/aromatic N) is 1. The molecule has 3 aliphatic rings. The predicted octanol–water partition coefficient (Wildman–Crippen LogP) is 5.93. The molecule has 3 atom stereocenters. The lowest BCUT2D eigenvalue weighted by Gasteiger charge is -2.39. The summed E-state index contributed by atoms with van der Waals surface area (Å²) in [5.74, 6) is -1.39. The van der Waals surface area contributed by atoms with E-state index in [4.69, 9.17) is 4.74 Å². The first-order valence-electron chi connectivity index (χ1n) is 12.1. The second-order valence-electron chi connectivity index (χ2n) is 11.0. The number of ether oxygens (including phenoxy) is 1. The number of carbonyl (C=O) groups is 2. The van der Waals surface area contributed by atoms with Gasteiger partial charge in [0.15, 0.2) is 0 Å². The van der Waals surface area contributed by atoms with E-state index in [-0.39, 0.29) is 24.3 Å². The monoisotopic (exact) mass is 482 g/mol. The number of amides is 2. The maximum absolute atomic E-state index is 13.7. The number of hydrogen-bond acceptors (Lipinski definition) is 3. The van der Waals surface area contributed by atoms with E-state index in [0.29, 0.717) is 49.9 Å². The van der Waals surface area contributed by atoms with Crippen LogP contribution in [0.3, 0.4) is 0 Å². The fraction of sp³-hybridized carbons (Fsp3) is 0.692. The summed E-state index contributed by atoms with van der Waals surface area (Å²) >= 11 is 0. The molecule has 190 valence electrons. The van der Waals surface area contributed by atoms with Gasteiger partial charge in [0.2, 0.25) is 5.91 Å². The van der Waals surface area contributed by atoms with Crippen LogP contribution in [0.1, 0.15) is 66.7 Å². The van der Waals surface area contributed by atoms with Crippen LogP contribution in [0, 0.1) is 17.3 Å². The zero-order valence-electron chi connectivity index (χ0n) is 20.8. The van der Waals surface area contributed by atoms with Crippen LogP contribution in [0.2, 0.25) is 0 Å². The van der Waals surface area contributed by atoms with Crippen molar-refractivity contribution in [1.82, 2.24) is 10.2 Å². The number of hydrogen-bond donors (Lipinski definition) is 1. The highest BCUT2D eigenvalue weighted by molar-refractivity contribution is 5.84. The molecule has 8 heteroatoms. The van der Waals surface area contributed by atoms with E-state index in [9.17, 15) is 22.8 Å². The van der Waals surface area contributed by atoms with E-state index in [0.717, 1.165) is 0 Å². The van der Waals surface area contributed by atoms with Crippen molar-refractivity contribution in [3.63, 3.8) is 0 Å². The molecule has 0 radical (unpaired) electrons. The van der Waals surface area contributed by atoms with Gasteiger partial charge >= 0.3 is 12.3 Å². The zero-order valence-corrected chi connectivity index (χ0v) is 20.8. The van der Waals surface area contributed by atoms with Gasteiger partial charge in [-0.15, -0.1) is 0 Å². The maximum atomic E-state index is 13.7. The number of halogens is 3. The molecule has 0 spiro atoms. The molecule has 1 heterocycles. The van der Waals surface area contributed by atoms with Crippen molar-refractivity contribution in [2.24, 2.45) is 17.3 Å². The van der Waals surface area contributed by atoms with Crippen molar-refractivity contribution in [2.45, 2.75) is 84.5 Å². The number of allylic oxidation sites excluding steroid dienone is 4. The highest BCUT2D eigenvalue weighted by Gasteiger charge is 2.50. The first kappa shape index (κ1) is 26.4. The van der Waals surface area contributed by atoms with Crippen molar-refractivity contribution in [2.75, 3.05) is 13.1 Å². The van der Waals surface area contributed by atoms with Crippen molar-refractivity contribution < 1.29 is 27.5 Å². The lowest BCUT2D eigenvalue weighted by Crippen LogP contribution is -2.48. The number of alkyl carbamates (subject to hydrolysis) is 1. The van der Waals surface area contributed by atoms with E-state index in [1.54, 1.807) is 50.0 Å².